The predicted octanol–water partition coefficient (Wildman–Crippen LogP) is 0.757. The maximum atomic E-state index is 13.0. The molecule has 1 aromatic carbocycles. The number of likely N-dealkylation sites (N-methyl/N-ethyl adjacent to an activating group) is 1. The van der Waals surface area contributed by atoms with Crippen molar-refractivity contribution in [3.8, 4) is 0 Å². The Balaban J connectivity index is 0.00000441. The lowest BCUT2D eigenvalue weighted by Crippen LogP contribution is -2.46. The number of carbonyl (C=O) groups excluding carboxylic acids is 2. The van der Waals surface area contributed by atoms with E-state index in [9.17, 15) is 18.4 Å². The molecule has 1 aromatic rings. The van der Waals surface area contributed by atoms with Gasteiger partial charge in [-0.2, -0.15) is 0 Å². The molecule has 2 amide bonds. The van der Waals surface area contributed by atoms with Gasteiger partial charge in [-0.15, -0.1) is 12.4 Å². The van der Waals surface area contributed by atoms with E-state index in [1.54, 1.807) is 0 Å². The van der Waals surface area contributed by atoms with Crippen molar-refractivity contribution in [1.82, 2.24) is 4.90 Å². The number of rotatable bonds is 6. The van der Waals surface area contributed by atoms with E-state index in [4.69, 9.17) is 10.5 Å². The van der Waals surface area contributed by atoms with Crippen LogP contribution in [0.5, 0.6) is 0 Å². The van der Waals surface area contributed by atoms with Gasteiger partial charge in [-0.1, -0.05) is 0 Å². The van der Waals surface area contributed by atoms with Gasteiger partial charge < -0.3 is 20.7 Å². The van der Waals surface area contributed by atoms with Crippen LogP contribution < -0.4 is 11.1 Å². The molecule has 0 aliphatic heterocycles. The van der Waals surface area contributed by atoms with Crippen LogP contribution in [0.25, 0.3) is 0 Å². The molecule has 1 unspecified atom stereocenters. The number of anilines is 1. The lowest BCUT2D eigenvalue weighted by molar-refractivity contribution is -0.135. The summed E-state index contributed by atoms with van der Waals surface area (Å²) in [5.41, 5.74) is 5.52. The van der Waals surface area contributed by atoms with Crippen LogP contribution in [0.15, 0.2) is 18.2 Å². The molecule has 0 aromatic heterocycles. The number of carbonyl (C=O) groups is 2. The zero-order valence-corrected chi connectivity index (χ0v) is 13.0. The largest absolute Gasteiger partial charge is 0.383 e. The summed E-state index contributed by atoms with van der Waals surface area (Å²) in [4.78, 5) is 24.6. The second-order valence-corrected chi connectivity index (χ2v) is 4.46. The van der Waals surface area contributed by atoms with Crippen molar-refractivity contribution < 1.29 is 23.1 Å². The Morgan fingerprint density at radius 3 is 2.36 bits per heavy atom. The Hall–Kier alpha value is -1.77. The highest BCUT2D eigenvalue weighted by atomic mass is 35.5. The summed E-state index contributed by atoms with van der Waals surface area (Å²) in [5, 5.41) is 2.30. The fraction of sp³-hybridized carbons (Fsp3) is 0.385. The van der Waals surface area contributed by atoms with E-state index < -0.39 is 29.5 Å². The van der Waals surface area contributed by atoms with E-state index in [0.29, 0.717) is 6.07 Å². The number of halogens is 3. The number of nitrogens with two attached hydrogens (primary N) is 1. The van der Waals surface area contributed by atoms with Crippen LogP contribution in [0.4, 0.5) is 14.5 Å². The summed E-state index contributed by atoms with van der Waals surface area (Å²) < 4.78 is 30.7. The van der Waals surface area contributed by atoms with E-state index in [-0.39, 0.29) is 31.2 Å². The molecule has 0 heterocycles. The first-order valence-corrected chi connectivity index (χ1v) is 6.09. The van der Waals surface area contributed by atoms with Crippen LogP contribution in [-0.4, -0.2) is 50.1 Å². The molecule has 0 saturated heterocycles. The molecule has 124 valence electrons. The van der Waals surface area contributed by atoms with E-state index in [0.717, 1.165) is 17.0 Å². The van der Waals surface area contributed by atoms with Gasteiger partial charge in [-0.3, -0.25) is 9.59 Å². The topological polar surface area (TPSA) is 84.7 Å². The molecule has 0 bridgehead atoms. The minimum Gasteiger partial charge on any atom is -0.383 e. The van der Waals surface area contributed by atoms with E-state index in [1.165, 1.54) is 14.2 Å². The molecule has 0 saturated carbocycles. The number of benzene rings is 1. The Morgan fingerprint density at radius 1 is 1.32 bits per heavy atom. The van der Waals surface area contributed by atoms with Crippen molar-refractivity contribution in [3.05, 3.63) is 29.8 Å². The molecular weight excluding hydrogens is 320 g/mol. The highest BCUT2D eigenvalue weighted by molar-refractivity contribution is 5.95. The van der Waals surface area contributed by atoms with Crippen LogP contribution in [-0.2, 0) is 14.3 Å². The van der Waals surface area contributed by atoms with Gasteiger partial charge in [0.1, 0.15) is 17.7 Å². The number of hydrogen-bond acceptors (Lipinski definition) is 4. The van der Waals surface area contributed by atoms with Gasteiger partial charge in [-0.25, -0.2) is 8.78 Å². The van der Waals surface area contributed by atoms with Gasteiger partial charge >= 0.3 is 0 Å². The first kappa shape index (κ1) is 20.2. The third-order valence-corrected chi connectivity index (χ3v) is 2.57. The van der Waals surface area contributed by atoms with Crippen molar-refractivity contribution >= 4 is 29.9 Å². The fourth-order valence-electron chi connectivity index (χ4n) is 1.65. The Kier molecular flexibility index (Phi) is 8.54. The van der Waals surface area contributed by atoms with Crippen molar-refractivity contribution in [2.24, 2.45) is 5.73 Å². The number of methoxy groups -OCH3 is 1. The van der Waals surface area contributed by atoms with Crippen molar-refractivity contribution in [2.75, 3.05) is 32.6 Å². The minimum atomic E-state index is -0.876. The van der Waals surface area contributed by atoms with Crippen molar-refractivity contribution in [3.63, 3.8) is 0 Å². The number of amides is 2. The lowest BCUT2D eigenvalue weighted by Gasteiger charge is -2.20. The molecule has 9 heteroatoms. The fourth-order valence-corrected chi connectivity index (χ4v) is 1.65. The van der Waals surface area contributed by atoms with Gasteiger partial charge in [-0.05, 0) is 12.1 Å². The van der Waals surface area contributed by atoms with Gasteiger partial charge in [0.25, 0.3) is 0 Å². The van der Waals surface area contributed by atoms with Crippen LogP contribution in [0.3, 0.4) is 0 Å². The molecule has 6 nitrogen and oxygen atoms in total. The highest BCUT2D eigenvalue weighted by Gasteiger charge is 2.20. The predicted molar refractivity (Wildman–Crippen MR) is 79.7 cm³/mol. The highest BCUT2D eigenvalue weighted by Crippen LogP contribution is 2.12. The monoisotopic (exact) mass is 337 g/mol. The third kappa shape index (κ3) is 6.33. The molecule has 0 radical (unpaired) electrons. The van der Waals surface area contributed by atoms with Crippen LogP contribution in [0.2, 0.25) is 0 Å². The molecule has 0 aliphatic rings. The molecule has 1 atom stereocenters. The van der Waals surface area contributed by atoms with E-state index in [2.05, 4.69) is 5.32 Å². The number of hydrogen-bond donors (Lipinski definition) is 2. The maximum absolute atomic E-state index is 13.0. The van der Waals surface area contributed by atoms with Gasteiger partial charge in [0.2, 0.25) is 11.8 Å². The normalized spacial score (nSPS) is 11.3. The first-order chi connectivity index (χ1) is 9.83. The summed E-state index contributed by atoms with van der Waals surface area (Å²) in [5.74, 6) is -2.69. The summed E-state index contributed by atoms with van der Waals surface area (Å²) in [6.45, 7) is -0.270. The zero-order chi connectivity index (χ0) is 16.0. The lowest BCUT2D eigenvalue weighted by atomic mass is 10.2. The maximum Gasteiger partial charge on any atom is 0.243 e. The zero-order valence-electron chi connectivity index (χ0n) is 12.1. The molecular formula is C13H18ClF2N3O3. The first-order valence-electron chi connectivity index (χ1n) is 6.09. The second kappa shape index (κ2) is 9.29. The van der Waals surface area contributed by atoms with Crippen molar-refractivity contribution in [2.45, 2.75) is 6.04 Å². The van der Waals surface area contributed by atoms with Gasteiger partial charge in [0.05, 0.1) is 13.2 Å². The smallest absolute Gasteiger partial charge is 0.243 e. The quantitative estimate of drug-likeness (QED) is 0.802. The van der Waals surface area contributed by atoms with Crippen LogP contribution >= 0.6 is 12.4 Å². The number of nitrogens with zero attached hydrogens (tertiary/aromatic N) is 1. The van der Waals surface area contributed by atoms with E-state index >= 15 is 0 Å². The second-order valence-electron chi connectivity index (χ2n) is 4.46. The molecule has 0 fully saturated rings. The molecule has 1 rings (SSSR count). The number of ether oxygens (including phenoxy) is 1. The molecule has 0 aliphatic carbocycles. The Morgan fingerprint density at radius 2 is 1.86 bits per heavy atom. The summed E-state index contributed by atoms with van der Waals surface area (Å²) in [6, 6.07) is 1.76. The Bertz CT molecular complexity index is 511. The van der Waals surface area contributed by atoms with Gasteiger partial charge in [0, 0.05) is 25.9 Å². The SMILES string of the molecule is COCC(N)C(=O)N(C)CC(=O)Nc1cc(F)cc(F)c1.Cl. The third-order valence-electron chi connectivity index (χ3n) is 2.57. The van der Waals surface area contributed by atoms with E-state index in [1.807, 2.05) is 0 Å². The standard InChI is InChI=1S/C13H17F2N3O3.ClH/c1-18(13(20)11(16)7-21-2)6-12(19)17-10-4-8(14)3-9(15)5-10;/h3-5,11H,6-7,16H2,1-2H3,(H,17,19);1H. The average Bonchev–Trinajstić information content (AvgIpc) is 2.36. The molecule has 0 spiro atoms. The van der Waals surface area contributed by atoms with Crippen LogP contribution in [0.1, 0.15) is 0 Å². The Labute approximate surface area is 133 Å². The average molecular weight is 338 g/mol. The molecule has 22 heavy (non-hydrogen) atoms. The van der Waals surface area contributed by atoms with Crippen LogP contribution in [0, 0.1) is 11.6 Å². The molecule has 3 N–H and O–H groups in total. The summed E-state index contributed by atoms with van der Waals surface area (Å²) in [7, 11) is 2.79. The van der Waals surface area contributed by atoms with Crippen molar-refractivity contribution in [1.29, 1.82) is 0 Å². The minimum absolute atomic E-state index is 0. The van der Waals surface area contributed by atoms with Gasteiger partial charge in [0.15, 0.2) is 0 Å². The summed E-state index contributed by atoms with van der Waals surface area (Å²) >= 11 is 0. The summed E-state index contributed by atoms with van der Waals surface area (Å²) in [6.07, 6.45) is 0. The number of nitrogens with one attached hydrogen (secondary N) is 1.